The molecule has 144 valence electrons. The topological polar surface area (TPSA) is 61.8 Å². The predicted octanol–water partition coefficient (Wildman–Crippen LogP) is 3.32. The summed E-state index contributed by atoms with van der Waals surface area (Å²) in [4.78, 5) is 31.6. The first kappa shape index (κ1) is 18.4. The van der Waals surface area contributed by atoms with Crippen LogP contribution in [0.1, 0.15) is 43.2 Å². The van der Waals surface area contributed by atoms with E-state index in [1.807, 2.05) is 54.6 Å². The molecule has 1 fully saturated rings. The second-order valence-electron chi connectivity index (χ2n) is 7.43. The Morgan fingerprint density at radius 1 is 1.00 bits per heavy atom. The summed E-state index contributed by atoms with van der Waals surface area (Å²) in [6.45, 7) is 0.0690. The minimum Gasteiger partial charge on any atom is -0.352 e. The number of para-hydroxylation sites is 1. The highest BCUT2D eigenvalue weighted by Crippen LogP contribution is 2.27. The highest BCUT2D eigenvalue weighted by Gasteiger charge is 2.27. The van der Waals surface area contributed by atoms with Crippen molar-refractivity contribution in [3.8, 4) is 0 Å². The van der Waals surface area contributed by atoms with E-state index in [0.717, 1.165) is 48.2 Å². The van der Waals surface area contributed by atoms with Gasteiger partial charge in [-0.2, -0.15) is 0 Å². The minimum absolute atomic E-state index is 0.0317. The molecule has 2 amide bonds. The Morgan fingerprint density at radius 3 is 2.50 bits per heavy atom. The summed E-state index contributed by atoms with van der Waals surface area (Å²) in [5.74, 6) is -0.254. The molecule has 1 N–H and O–H groups in total. The lowest BCUT2D eigenvalue weighted by molar-refractivity contribution is -0.123. The van der Waals surface area contributed by atoms with E-state index >= 15 is 0 Å². The molecular formula is C23H25N3O2. The molecule has 28 heavy (non-hydrogen) atoms. The normalized spacial score (nSPS) is 17.5. The van der Waals surface area contributed by atoms with Crippen molar-refractivity contribution >= 4 is 23.2 Å². The average Bonchev–Trinajstić information content (AvgIpc) is 2.87. The third kappa shape index (κ3) is 3.98. The first-order chi connectivity index (χ1) is 13.7. The van der Waals surface area contributed by atoms with E-state index in [-0.39, 0.29) is 30.9 Å². The number of rotatable bonds is 4. The van der Waals surface area contributed by atoms with Crippen molar-refractivity contribution in [1.82, 2.24) is 5.32 Å². The zero-order valence-electron chi connectivity index (χ0n) is 15.9. The summed E-state index contributed by atoms with van der Waals surface area (Å²) >= 11 is 0. The van der Waals surface area contributed by atoms with Gasteiger partial charge in [-0.3, -0.25) is 14.6 Å². The zero-order valence-corrected chi connectivity index (χ0v) is 15.9. The molecule has 2 aromatic carbocycles. The number of carbonyl (C=O) groups is 2. The Hall–Kier alpha value is -2.95. The van der Waals surface area contributed by atoms with Gasteiger partial charge in [0.1, 0.15) is 13.1 Å². The summed E-state index contributed by atoms with van der Waals surface area (Å²) < 4.78 is 0. The Kier molecular flexibility index (Phi) is 5.51. The second-order valence-corrected chi connectivity index (χ2v) is 7.43. The van der Waals surface area contributed by atoms with E-state index in [1.165, 1.54) is 6.42 Å². The molecule has 4 rings (SSSR count). The first-order valence-corrected chi connectivity index (χ1v) is 10.0. The number of hydrogen-bond acceptors (Lipinski definition) is 3. The molecule has 5 heteroatoms. The molecule has 0 atom stereocenters. The summed E-state index contributed by atoms with van der Waals surface area (Å²) in [5, 5.41) is 3.11. The summed E-state index contributed by atoms with van der Waals surface area (Å²) in [7, 11) is 0. The van der Waals surface area contributed by atoms with Gasteiger partial charge in [0.2, 0.25) is 11.8 Å². The molecule has 1 aliphatic carbocycles. The van der Waals surface area contributed by atoms with Crippen LogP contribution in [0.15, 0.2) is 59.6 Å². The summed E-state index contributed by atoms with van der Waals surface area (Å²) in [6.07, 6.45) is 5.61. The number of carbonyl (C=O) groups excluding carboxylic acids is 2. The van der Waals surface area contributed by atoms with Crippen LogP contribution < -0.4 is 10.2 Å². The van der Waals surface area contributed by atoms with E-state index in [4.69, 9.17) is 0 Å². The van der Waals surface area contributed by atoms with Crippen LogP contribution in [0.5, 0.6) is 0 Å². The molecule has 0 spiro atoms. The largest absolute Gasteiger partial charge is 0.352 e. The fraction of sp³-hybridized carbons (Fsp3) is 0.348. The van der Waals surface area contributed by atoms with Crippen LogP contribution in [0.25, 0.3) is 0 Å². The molecule has 2 aromatic rings. The molecule has 0 radical (unpaired) electrons. The van der Waals surface area contributed by atoms with Gasteiger partial charge in [0.05, 0.1) is 11.4 Å². The number of anilines is 1. The minimum atomic E-state index is -0.155. The number of benzene rings is 2. The molecule has 2 aliphatic rings. The molecule has 0 unspecified atom stereocenters. The van der Waals surface area contributed by atoms with Crippen LogP contribution in [0.4, 0.5) is 5.69 Å². The summed E-state index contributed by atoms with van der Waals surface area (Å²) in [6, 6.07) is 17.8. The van der Waals surface area contributed by atoms with Crippen molar-refractivity contribution < 1.29 is 9.59 Å². The quantitative estimate of drug-likeness (QED) is 0.891. The van der Waals surface area contributed by atoms with Crippen LogP contribution in [0, 0.1) is 0 Å². The molecule has 0 saturated heterocycles. The van der Waals surface area contributed by atoms with E-state index in [2.05, 4.69) is 10.3 Å². The third-order valence-electron chi connectivity index (χ3n) is 5.44. The van der Waals surface area contributed by atoms with Gasteiger partial charge < -0.3 is 10.2 Å². The molecule has 1 heterocycles. The molecule has 0 aromatic heterocycles. The van der Waals surface area contributed by atoms with Crippen molar-refractivity contribution in [2.24, 2.45) is 4.99 Å². The number of aliphatic imine (C=N–C) groups is 1. The lowest BCUT2D eigenvalue weighted by atomic mass is 9.95. The Balaban J connectivity index is 1.59. The van der Waals surface area contributed by atoms with Crippen molar-refractivity contribution in [3.05, 3.63) is 65.7 Å². The smallest absolute Gasteiger partial charge is 0.249 e. The van der Waals surface area contributed by atoms with Gasteiger partial charge in [0.25, 0.3) is 0 Å². The van der Waals surface area contributed by atoms with Gasteiger partial charge in [0, 0.05) is 17.2 Å². The lowest BCUT2D eigenvalue weighted by Crippen LogP contribution is -2.45. The molecular weight excluding hydrogens is 350 g/mol. The number of hydrogen-bond donors (Lipinski definition) is 1. The predicted molar refractivity (Wildman–Crippen MR) is 111 cm³/mol. The van der Waals surface area contributed by atoms with Crippen molar-refractivity contribution in [3.63, 3.8) is 0 Å². The zero-order chi connectivity index (χ0) is 19.3. The third-order valence-corrected chi connectivity index (χ3v) is 5.44. The van der Waals surface area contributed by atoms with E-state index in [1.54, 1.807) is 4.90 Å². The number of nitrogens with one attached hydrogen (secondary N) is 1. The van der Waals surface area contributed by atoms with Gasteiger partial charge in [-0.05, 0) is 18.9 Å². The maximum absolute atomic E-state index is 12.8. The number of nitrogens with zero attached hydrogens (tertiary/aromatic N) is 2. The number of benzodiazepines with no additional fused rings is 1. The maximum Gasteiger partial charge on any atom is 0.249 e. The average molecular weight is 375 g/mol. The molecule has 1 aliphatic heterocycles. The van der Waals surface area contributed by atoms with Gasteiger partial charge in [-0.15, -0.1) is 0 Å². The van der Waals surface area contributed by atoms with E-state index in [9.17, 15) is 9.59 Å². The molecule has 5 nitrogen and oxygen atoms in total. The van der Waals surface area contributed by atoms with Crippen LogP contribution in [-0.2, 0) is 9.59 Å². The van der Waals surface area contributed by atoms with Crippen LogP contribution >= 0.6 is 0 Å². The Labute approximate surface area is 165 Å². The fourth-order valence-electron chi connectivity index (χ4n) is 4.04. The van der Waals surface area contributed by atoms with Crippen LogP contribution in [0.2, 0.25) is 0 Å². The van der Waals surface area contributed by atoms with Crippen LogP contribution in [-0.4, -0.2) is 36.7 Å². The Bertz CT molecular complexity index is 886. The van der Waals surface area contributed by atoms with Crippen molar-refractivity contribution in [1.29, 1.82) is 0 Å². The van der Waals surface area contributed by atoms with Crippen molar-refractivity contribution in [2.75, 3.05) is 18.0 Å². The monoisotopic (exact) mass is 375 g/mol. The number of fused-ring (bicyclic) bond motifs is 1. The molecule has 0 bridgehead atoms. The van der Waals surface area contributed by atoms with Gasteiger partial charge in [-0.1, -0.05) is 67.8 Å². The fourth-order valence-corrected chi connectivity index (χ4v) is 4.04. The highest BCUT2D eigenvalue weighted by atomic mass is 16.2. The second kappa shape index (κ2) is 8.38. The lowest BCUT2D eigenvalue weighted by Gasteiger charge is -2.26. The van der Waals surface area contributed by atoms with E-state index < -0.39 is 0 Å². The van der Waals surface area contributed by atoms with E-state index in [0.29, 0.717) is 0 Å². The molecule has 1 saturated carbocycles. The standard InChI is InChI=1S/C23H25N3O2/c27-21(25-18-11-5-2-6-12-18)16-26-20-14-8-7-13-19(20)23(24-15-22(26)28)17-9-3-1-4-10-17/h1,3-4,7-10,13-14,18H,2,5-6,11-12,15-16H2,(H,25,27). The summed E-state index contributed by atoms with van der Waals surface area (Å²) in [5.41, 5.74) is 3.38. The highest BCUT2D eigenvalue weighted by molar-refractivity contribution is 6.20. The first-order valence-electron chi connectivity index (χ1n) is 10.0. The van der Waals surface area contributed by atoms with Crippen molar-refractivity contribution in [2.45, 2.75) is 38.1 Å². The van der Waals surface area contributed by atoms with Gasteiger partial charge in [0.15, 0.2) is 0 Å². The van der Waals surface area contributed by atoms with Crippen LogP contribution in [0.3, 0.4) is 0 Å². The number of amides is 2. The van der Waals surface area contributed by atoms with Gasteiger partial charge in [-0.25, -0.2) is 0 Å². The Morgan fingerprint density at radius 2 is 1.71 bits per heavy atom. The van der Waals surface area contributed by atoms with Gasteiger partial charge >= 0.3 is 0 Å². The SMILES string of the molecule is O=C(CN1C(=O)CN=C(c2ccccc2)c2ccccc21)NC1CCCCC1. The maximum atomic E-state index is 12.8.